The Labute approximate surface area is 156 Å². The molecular weight excluding hydrogens is 374 g/mol. The monoisotopic (exact) mass is 389 g/mol. The molecule has 3 rings (SSSR count). The van der Waals surface area contributed by atoms with Crippen molar-refractivity contribution in [3.05, 3.63) is 51.0 Å². The average Bonchev–Trinajstić information content (AvgIpc) is 3.29. The predicted molar refractivity (Wildman–Crippen MR) is 97.3 cm³/mol. The summed E-state index contributed by atoms with van der Waals surface area (Å²) in [6.07, 6.45) is 3.03. The van der Waals surface area contributed by atoms with Crippen LogP contribution in [0.3, 0.4) is 0 Å². The second-order valence-electron chi connectivity index (χ2n) is 5.35. The first kappa shape index (κ1) is 18.1. The van der Waals surface area contributed by atoms with Gasteiger partial charge in [0.2, 0.25) is 0 Å². The first-order valence-corrected chi connectivity index (χ1v) is 9.22. The van der Waals surface area contributed by atoms with Crippen LogP contribution in [-0.4, -0.2) is 32.0 Å². The molecule has 3 heterocycles. The number of carbonyl (C=O) groups is 2. The molecule has 0 spiro atoms. The summed E-state index contributed by atoms with van der Waals surface area (Å²) >= 11 is 2.37. The van der Waals surface area contributed by atoms with Gasteiger partial charge < -0.3 is 5.32 Å². The Morgan fingerprint density at radius 2 is 2.00 bits per heavy atom. The molecule has 0 aromatic carbocycles. The second-order valence-corrected chi connectivity index (χ2v) is 7.41. The molecule has 8 nitrogen and oxygen atoms in total. The third-order valence-electron chi connectivity index (χ3n) is 3.45. The molecule has 0 saturated heterocycles. The minimum atomic E-state index is -0.634. The first-order valence-electron chi connectivity index (χ1n) is 7.59. The van der Waals surface area contributed by atoms with Crippen LogP contribution in [0.2, 0.25) is 0 Å². The number of hydroxylamine groups is 1. The molecule has 26 heavy (non-hydrogen) atoms. The summed E-state index contributed by atoms with van der Waals surface area (Å²) < 4.78 is 0. The van der Waals surface area contributed by atoms with Crippen LogP contribution in [0.5, 0.6) is 0 Å². The number of hydrogen-bond donors (Lipinski definition) is 3. The van der Waals surface area contributed by atoms with E-state index in [0.717, 1.165) is 11.3 Å². The highest BCUT2D eigenvalue weighted by Gasteiger charge is 2.21. The van der Waals surface area contributed by atoms with Crippen molar-refractivity contribution in [1.29, 1.82) is 0 Å². The molecule has 3 N–H and O–H groups in total. The Morgan fingerprint density at radius 3 is 2.69 bits per heavy atom. The van der Waals surface area contributed by atoms with Crippen LogP contribution in [0.25, 0.3) is 10.7 Å². The van der Waals surface area contributed by atoms with Crippen LogP contribution in [0.1, 0.15) is 43.0 Å². The van der Waals surface area contributed by atoms with Gasteiger partial charge in [-0.05, 0) is 26.0 Å². The van der Waals surface area contributed by atoms with E-state index in [1.165, 1.54) is 17.5 Å². The standard InChI is InChI=1S/C16H15N5O3S2/c1-8-12(26-16(20-8)10-5-3-4-6-17-10)14(23)19-9(2)15-18-7-11(25-15)13(22)21-24/h3-7,9,24H,1-2H3,(H,19,23)(H,21,22)/t9-/m0/s1. The van der Waals surface area contributed by atoms with Gasteiger partial charge in [0.05, 0.1) is 23.6 Å². The van der Waals surface area contributed by atoms with E-state index in [9.17, 15) is 9.59 Å². The quantitative estimate of drug-likeness (QED) is 0.456. The van der Waals surface area contributed by atoms with Gasteiger partial charge in [-0.2, -0.15) is 0 Å². The molecule has 0 aliphatic rings. The molecule has 0 radical (unpaired) electrons. The zero-order valence-corrected chi connectivity index (χ0v) is 15.5. The lowest BCUT2D eigenvalue weighted by atomic mass is 10.3. The minimum Gasteiger partial charge on any atom is -0.342 e. The maximum atomic E-state index is 12.6. The van der Waals surface area contributed by atoms with E-state index in [-0.39, 0.29) is 10.8 Å². The van der Waals surface area contributed by atoms with Crippen molar-refractivity contribution in [3.8, 4) is 10.7 Å². The van der Waals surface area contributed by atoms with Crippen molar-refractivity contribution in [3.63, 3.8) is 0 Å². The summed E-state index contributed by atoms with van der Waals surface area (Å²) in [6, 6.07) is 5.13. The number of hydrogen-bond acceptors (Lipinski definition) is 8. The van der Waals surface area contributed by atoms with Crippen molar-refractivity contribution in [1.82, 2.24) is 25.7 Å². The zero-order valence-electron chi connectivity index (χ0n) is 13.9. The molecule has 0 unspecified atom stereocenters. The molecule has 0 bridgehead atoms. The van der Waals surface area contributed by atoms with E-state index in [4.69, 9.17) is 5.21 Å². The second kappa shape index (κ2) is 7.68. The number of rotatable bonds is 5. The van der Waals surface area contributed by atoms with Gasteiger partial charge in [0.1, 0.15) is 19.8 Å². The average molecular weight is 389 g/mol. The fraction of sp³-hybridized carbons (Fsp3) is 0.188. The number of thiazole rings is 2. The zero-order chi connectivity index (χ0) is 18.7. The SMILES string of the molecule is Cc1nc(-c2ccccn2)sc1C(=O)N[C@@H](C)c1ncc(C(=O)NO)s1. The summed E-state index contributed by atoms with van der Waals surface area (Å²) in [5.41, 5.74) is 2.90. The van der Waals surface area contributed by atoms with Crippen LogP contribution in [0.4, 0.5) is 0 Å². The van der Waals surface area contributed by atoms with Crippen LogP contribution in [-0.2, 0) is 0 Å². The fourth-order valence-corrected chi connectivity index (χ4v) is 3.93. The predicted octanol–water partition coefficient (Wildman–Crippen LogP) is 2.58. The lowest BCUT2D eigenvalue weighted by molar-refractivity contribution is 0.0710. The summed E-state index contributed by atoms with van der Waals surface area (Å²) in [6.45, 7) is 3.54. The van der Waals surface area contributed by atoms with Crippen molar-refractivity contribution >= 4 is 34.5 Å². The van der Waals surface area contributed by atoms with E-state index in [1.54, 1.807) is 25.5 Å². The van der Waals surface area contributed by atoms with Crippen molar-refractivity contribution in [2.75, 3.05) is 0 Å². The van der Waals surface area contributed by atoms with E-state index in [1.807, 2.05) is 18.2 Å². The molecule has 0 saturated carbocycles. The Balaban J connectivity index is 1.75. The lowest BCUT2D eigenvalue weighted by Gasteiger charge is -2.10. The molecule has 0 aliphatic heterocycles. The largest absolute Gasteiger partial charge is 0.342 e. The third-order valence-corrected chi connectivity index (χ3v) is 5.81. The van der Waals surface area contributed by atoms with E-state index in [2.05, 4.69) is 20.3 Å². The van der Waals surface area contributed by atoms with Gasteiger partial charge >= 0.3 is 0 Å². The Hall–Kier alpha value is -2.69. The van der Waals surface area contributed by atoms with Gasteiger partial charge in [-0.3, -0.25) is 19.8 Å². The number of pyridine rings is 1. The number of carbonyl (C=O) groups excluding carboxylic acids is 2. The summed E-state index contributed by atoms with van der Waals surface area (Å²) in [7, 11) is 0. The Bertz CT molecular complexity index is 939. The Kier molecular flexibility index (Phi) is 5.35. The maximum Gasteiger partial charge on any atom is 0.286 e. The molecule has 0 aliphatic carbocycles. The van der Waals surface area contributed by atoms with Crippen molar-refractivity contribution in [2.24, 2.45) is 0 Å². The van der Waals surface area contributed by atoms with Crippen molar-refractivity contribution < 1.29 is 14.8 Å². The highest BCUT2D eigenvalue weighted by Crippen LogP contribution is 2.27. The van der Waals surface area contributed by atoms with Crippen LogP contribution in [0.15, 0.2) is 30.6 Å². The van der Waals surface area contributed by atoms with Crippen LogP contribution < -0.4 is 10.8 Å². The summed E-state index contributed by atoms with van der Waals surface area (Å²) in [4.78, 5) is 37.5. The molecule has 10 heteroatoms. The number of nitrogens with zero attached hydrogens (tertiary/aromatic N) is 3. The molecule has 134 valence electrons. The molecule has 2 amide bonds. The van der Waals surface area contributed by atoms with Gasteiger partial charge in [0, 0.05) is 6.20 Å². The highest BCUT2D eigenvalue weighted by molar-refractivity contribution is 7.17. The normalized spacial score (nSPS) is 11.8. The Morgan fingerprint density at radius 1 is 1.19 bits per heavy atom. The van der Waals surface area contributed by atoms with E-state index in [0.29, 0.717) is 26.3 Å². The number of aryl methyl sites for hydroxylation is 1. The fourth-order valence-electron chi connectivity index (χ4n) is 2.18. The van der Waals surface area contributed by atoms with Crippen molar-refractivity contribution in [2.45, 2.75) is 19.9 Å². The molecule has 3 aromatic rings. The van der Waals surface area contributed by atoms with Gasteiger partial charge in [-0.25, -0.2) is 15.4 Å². The number of nitrogens with one attached hydrogen (secondary N) is 2. The van der Waals surface area contributed by atoms with Gasteiger partial charge in [-0.1, -0.05) is 6.07 Å². The molecule has 3 aromatic heterocycles. The molecular formula is C16H15N5O3S2. The van der Waals surface area contributed by atoms with Crippen LogP contribution >= 0.6 is 22.7 Å². The smallest absolute Gasteiger partial charge is 0.286 e. The lowest BCUT2D eigenvalue weighted by Crippen LogP contribution is -2.26. The van der Waals surface area contributed by atoms with Gasteiger partial charge in [-0.15, -0.1) is 22.7 Å². The van der Waals surface area contributed by atoms with E-state index < -0.39 is 11.9 Å². The topological polar surface area (TPSA) is 117 Å². The third kappa shape index (κ3) is 3.77. The maximum absolute atomic E-state index is 12.6. The van der Waals surface area contributed by atoms with Crippen LogP contribution in [0, 0.1) is 6.92 Å². The van der Waals surface area contributed by atoms with E-state index >= 15 is 0 Å². The number of amides is 2. The van der Waals surface area contributed by atoms with Gasteiger partial charge in [0.15, 0.2) is 0 Å². The summed E-state index contributed by atoms with van der Waals surface area (Å²) in [5, 5.41) is 12.7. The first-order chi connectivity index (χ1) is 12.5. The minimum absolute atomic E-state index is 0.259. The highest BCUT2D eigenvalue weighted by atomic mass is 32.1. The molecule has 1 atom stereocenters. The molecule has 0 fully saturated rings. The number of aromatic nitrogens is 3. The summed E-state index contributed by atoms with van der Waals surface area (Å²) in [5.74, 6) is -0.899. The van der Waals surface area contributed by atoms with Gasteiger partial charge in [0.25, 0.3) is 11.8 Å².